The van der Waals surface area contributed by atoms with Gasteiger partial charge in [0.25, 0.3) is 5.56 Å². The average molecular weight is 418 g/mol. The highest BCUT2D eigenvalue weighted by Gasteiger charge is 2.26. The van der Waals surface area contributed by atoms with E-state index in [1.54, 1.807) is 14.1 Å². The smallest absolute Gasteiger partial charge is 0.332 e. The third-order valence-corrected chi connectivity index (χ3v) is 5.42. The zero-order valence-corrected chi connectivity index (χ0v) is 18.4. The third-order valence-electron chi connectivity index (χ3n) is 5.42. The maximum absolute atomic E-state index is 13.1. The summed E-state index contributed by atoms with van der Waals surface area (Å²) in [6.45, 7) is 5.62. The van der Waals surface area contributed by atoms with Gasteiger partial charge in [0.1, 0.15) is 6.54 Å². The lowest BCUT2D eigenvalue weighted by Gasteiger charge is -2.31. The highest BCUT2D eigenvalue weighted by molar-refractivity contribution is 5.79. The van der Waals surface area contributed by atoms with E-state index in [1.807, 2.05) is 24.5 Å². The normalized spacial score (nSPS) is 16.7. The number of fused-ring (bicyclic) bond motifs is 1. The van der Waals surface area contributed by atoms with Crippen LogP contribution in [0, 0.1) is 0 Å². The Hall–Kier alpha value is -2.88. The minimum Gasteiger partial charge on any atom is -0.347 e. The molecule has 3 rings (SSSR count). The van der Waals surface area contributed by atoms with Crippen molar-refractivity contribution >= 4 is 23.0 Å². The summed E-state index contributed by atoms with van der Waals surface area (Å²) in [6, 6.07) is 0.0239. The Morgan fingerprint density at radius 3 is 2.57 bits per heavy atom. The van der Waals surface area contributed by atoms with Crippen LogP contribution in [0.15, 0.2) is 21.2 Å². The molecule has 1 atom stereocenters. The molecule has 1 aliphatic heterocycles. The quantitative estimate of drug-likeness (QED) is 0.679. The van der Waals surface area contributed by atoms with Crippen molar-refractivity contribution in [1.82, 2.24) is 23.6 Å². The summed E-state index contributed by atoms with van der Waals surface area (Å²) in [7, 11) is 4.68. The van der Waals surface area contributed by atoms with E-state index in [4.69, 9.17) is 10.7 Å². The summed E-state index contributed by atoms with van der Waals surface area (Å²) >= 11 is 0. The van der Waals surface area contributed by atoms with Crippen LogP contribution in [0.4, 0.5) is 5.95 Å². The fraction of sp³-hybridized carbons (Fsp3) is 0.600. The summed E-state index contributed by atoms with van der Waals surface area (Å²) in [5.41, 5.74) is 6.84. The number of amides is 1. The lowest BCUT2D eigenvalue weighted by Crippen LogP contribution is -2.44. The number of imidazole rings is 1. The van der Waals surface area contributed by atoms with Gasteiger partial charge in [-0.25, -0.2) is 4.79 Å². The molecule has 0 bridgehead atoms. The third kappa shape index (κ3) is 4.04. The van der Waals surface area contributed by atoms with E-state index in [0.717, 1.165) is 29.5 Å². The Balaban J connectivity index is 2.30. The van der Waals surface area contributed by atoms with Gasteiger partial charge in [-0.15, -0.1) is 0 Å². The Morgan fingerprint density at radius 1 is 1.27 bits per heavy atom. The number of hydrogen-bond donors (Lipinski definition) is 1. The number of rotatable bonds is 5. The Bertz CT molecular complexity index is 1100. The number of nitrogens with zero attached hydrogens (tertiary/aromatic N) is 6. The number of allylic oxidation sites excluding steroid dienone is 2. The Morgan fingerprint density at radius 2 is 1.97 bits per heavy atom. The molecule has 1 saturated heterocycles. The Labute approximate surface area is 175 Å². The van der Waals surface area contributed by atoms with Gasteiger partial charge < -0.3 is 20.1 Å². The molecule has 0 saturated carbocycles. The molecule has 0 spiro atoms. The van der Waals surface area contributed by atoms with Gasteiger partial charge in [0, 0.05) is 46.8 Å². The van der Waals surface area contributed by atoms with Crippen LogP contribution in [0.25, 0.3) is 11.2 Å². The van der Waals surface area contributed by atoms with Crippen molar-refractivity contribution in [3.8, 4) is 0 Å². The zero-order chi connectivity index (χ0) is 22.2. The highest BCUT2D eigenvalue weighted by atomic mass is 16.2. The standard InChI is InChI=1S/C20H31N7O3/c1-13(2)8-10-26-16-17(22-19(26)25-9-6-7-14(21)11-25)27(12-15(28)23(3)4)20(30)24(5)18(16)29/h8,14H,6-7,9-12,21H2,1-5H3. The van der Waals surface area contributed by atoms with Crippen molar-refractivity contribution in [1.29, 1.82) is 0 Å². The van der Waals surface area contributed by atoms with E-state index in [1.165, 1.54) is 16.5 Å². The topological polar surface area (TPSA) is 111 Å². The summed E-state index contributed by atoms with van der Waals surface area (Å²) in [6.07, 6.45) is 3.87. The number of anilines is 1. The first kappa shape index (κ1) is 21.8. The molecule has 2 N–H and O–H groups in total. The van der Waals surface area contributed by atoms with Crippen molar-refractivity contribution in [2.24, 2.45) is 12.8 Å². The van der Waals surface area contributed by atoms with Crippen molar-refractivity contribution in [2.45, 2.75) is 45.8 Å². The summed E-state index contributed by atoms with van der Waals surface area (Å²) in [5, 5.41) is 0. The molecule has 1 fully saturated rings. The zero-order valence-electron chi connectivity index (χ0n) is 18.4. The second-order valence-corrected chi connectivity index (χ2v) is 8.35. The van der Waals surface area contributed by atoms with E-state index in [2.05, 4.69) is 4.90 Å². The van der Waals surface area contributed by atoms with E-state index in [-0.39, 0.29) is 24.1 Å². The highest BCUT2D eigenvalue weighted by Crippen LogP contribution is 2.23. The predicted molar refractivity (Wildman–Crippen MR) is 117 cm³/mol. The Kier molecular flexibility index (Phi) is 6.16. The molecule has 164 valence electrons. The summed E-state index contributed by atoms with van der Waals surface area (Å²) in [4.78, 5) is 46.5. The molecule has 1 aliphatic rings. The van der Waals surface area contributed by atoms with Gasteiger partial charge in [-0.1, -0.05) is 11.6 Å². The van der Waals surface area contributed by atoms with Gasteiger partial charge >= 0.3 is 5.69 Å². The molecular weight excluding hydrogens is 386 g/mol. The summed E-state index contributed by atoms with van der Waals surface area (Å²) < 4.78 is 4.15. The molecule has 2 aromatic rings. The van der Waals surface area contributed by atoms with Crippen LogP contribution in [0.3, 0.4) is 0 Å². The van der Waals surface area contributed by atoms with Crippen LogP contribution in [0.2, 0.25) is 0 Å². The van der Waals surface area contributed by atoms with Crippen LogP contribution < -0.4 is 21.9 Å². The van der Waals surface area contributed by atoms with Gasteiger partial charge in [-0.05, 0) is 26.7 Å². The van der Waals surface area contributed by atoms with Crippen LogP contribution in [-0.2, 0) is 24.9 Å². The molecule has 1 amide bonds. The van der Waals surface area contributed by atoms with Gasteiger partial charge in [-0.3, -0.25) is 18.7 Å². The molecule has 1 unspecified atom stereocenters. The van der Waals surface area contributed by atoms with Crippen LogP contribution in [0.1, 0.15) is 26.7 Å². The number of nitrogens with two attached hydrogens (primary N) is 1. The van der Waals surface area contributed by atoms with Crippen molar-refractivity contribution < 1.29 is 4.79 Å². The molecule has 10 nitrogen and oxygen atoms in total. The van der Waals surface area contributed by atoms with Gasteiger partial charge in [0.15, 0.2) is 11.2 Å². The first-order valence-corrected chi connectivity index (χ1v) is 10.2. The first-order chi connectivity index (χ1) is 14.1. The molecular formula is C20H31N7O3. The monoisotopic (exact) mass is 417 g/mol. The van der Waals surface area contributed by atoms with E-state index in [0.29, 0.717) is 24.6 Å². The van der Waals surface area contributed by atoms with Crippen molar-refractivity contribution in [2.75, 3.05) is 32.1 Å². The molecule has 2 aromatic heterocycles. The number of piperidine rings is 1. The second-order valence-electron chi connectivity index (χ2n) is 8.35. The molecule has 0 aromatic carbocycles. The molecule has 30 heavy (non-hydrogen) atoms. The molecule has 0 radical (unpaired) electrons. The van der Waals surface area contributed by atoms with Crippen molar-refractivity contribution in [3.63, 3.8) is 0 Å². The number of likely N-dealkylation sites (N-methyl/N-ethyl adjacent to an activating group) is 1. The fourth-order valence-corrected chi connectivity index (χ4v) is 3.64. The predicted octanol–water partition coefficient (Wildman–Crippen LogP) is -0.121. The lowest BCUT2D eigenvalue weighted by atomic mass is 10.1. The van der Waals surface area contributed by atoms with Gasteiger partial charge in [0.2, 0.25) is 11.9 Å². The maximum Gasteiger partial charge on any atom is 0.332 e. The van der Waals surface area contributed by atoms with Gasteiger partial charge in [0.05, 0.1) is 0 Å². The minimum absolute atomic E-state index is 0.0239. The van der Waals surface area contributed by atoms with Crippen molar-refractivity contribution in [3.05, 3.63) is 32.5 Å². The average Bonchev–Trinajstić information content (AvgIpc) is 3.07. The second kappa shape index (κ2) is 8.47. The SMILES string of the molecule is CC(C)=CCn1c(N2CCCC(N)C2)nc2c1c(=O)n(C)c(=O)n2CC(=O)N(C)C. The van der Waals surface area contributed by atoms with E-state index < -0.39 is 11.2 Å². The van der Waals surface area contributed by atoms with Crippen LogP contribution in [-0.4, -0.2) is 62.7 Å². The van der Waals surface area contributed by atoms with E-state index >= 15 is 0 Å². The fourth-order valence-electron chi connectivity index (χ4n) is 3.64. The maximum atomic E-state index is 13.1. The number of carbonyl (C=O) groups excluding carboxylic acids is 1. The summed E-state index contributed by atoms with van der Waals surface area (Å²) in [5.74, 6) is 0.351. The van der Waals surface area contributed by atoms with Crippen LogP contribution in [0.5, 0.6) is 0 Å². The van der Waals surface area contributed by atoms with Crippen LogP contribution >= 0.6 is 0 Å². The number of carbonyl (C=O) groups is 1. The molecule has 3 heterocycles. The largest absolute Gasteiger partial charge is 0.347 e. The lowest BCUT2D eigenvalue weighted by molar-refractivity contribution is -0.129. The minimum atomic E-state index is -0.559. The van der Waals surface area contributed by atoms with E-state index in [9.17, 15) is 14.4 Å². The molecule has 0 aliphatic carbocycles. The number of aromatic nitrogens is 4. The first-order valence-electron chi connectivity index (χ1n) is 10.2. The molecule has 10 heteroatoms. The number of hydrogen-bond acceptors (Lipinski definition) is 6. The van der Waals surface area contributed by atoms with Gasteiger partial charge in [-0.2, -0.15) is 4.98 Å².